The summed E-state index contributed by atoms with van der Waals surface area (Å²) in [5.41, 5.74) is 0. The predicted octanol–water partition coefficient (Wildman–Crippen LogP) is 14.6. The van der Waals surface area contributed by atoms with E-state index in [0.717, 1.165) is 122 Å². The van der Waals surface area contributed by atoms with Crippen molar-refractivity contribution in [3.05, 3.63) is 72.9 Å². The highest BCUT2D eigenvalue weighted by molar-refractivity contribution is 7.47. The van der Waals surface area contributed by atoms with Crippen molar-refractivity contribution in [2.45, 2.75) is 226 Å². The average Bonchev–Trinajstić information content (AvgIpc) is 3.30. The molecule has 0 bridgehead atoms. The highest BCUT2D eigenvalue weighted by Crippen LogP contribution is 2.43. The second kappa shape index (κ2) is 48.4. The van der Waals surface area contributed by atoms with Crippen molar-refractivity contribution in [2.24, 2.45) is 0 Å². The van der Waals surface area contributed by atoms with Crippen LogP contribution in [0, 0.1) is 0 Å². The first-order valence-electron chi connectivity index (χ1n) is 25.8. The van der Waals surface area contributed by atoms with Gasteiger partial charge < -0.3 is 24.2 Å². The molecule has 0 fully saturated rings. The van der Waals surface area contributed by atoms with Crippen molar-refractivity contribution in [2.75, 3.05) is 26.4 Å². The Morgan fingerprint density at radius 2 is 0.818 bits per heavy atom. The number of aliphatic hydroxyl groups excluding tert-OH is 1. The monoisotopic (exact) mass is 949 g/mol. The molecule has 0 heterocycles. The Morgan fingerprint density at radius 3 is 1.27 bits per heavy atom. The Balaban J connectivity index is 4.80. The molecule has 0 aliphatic carbocycles. The molecule has 66 heavy (non-hydrogen) atoms. The van der Waals surface area contributed by atoms with Crippen molar-refractivity contribution in [1.29, 1.82) is 0 Å². The fourth-order valence-electron chi connectivity index (χ4n) is 6.68. The fourth-order valence-corrected chi connectivity index (χ4v) is 7.46. The number of carbonyl (C=O) groups excluding carboxylic acids is 3. The molecule has 0 aromatic heterocycles. The molecule has 0 aliphatic rings. The highest BCUT2D eigenvalue weighted by atomic mass is 31.2. The molecule has 380 valence electrons. The molecule has 0 radical (unpaired) electrons. The minimum absolute atomic E-state index is 0.144. The van der Waals surface area contributed by atoms with Gasteiger partial charge in [-0.05, 0) is 83.5 Å². The van der Waals surface area contributed by atoms with Crippen molar-refractivity contribution >= 4 is 25.7 Å². The lowest BCUT2D eigenvalue weighted by Crippen LogP contribution is -2.30. The van der Waals surface area contributed by atoms with Crippen LogP contribution in [0.15, 0.2) is 72.9 Å². The minimum atomic E-state index is -4.75. The van der Waals surface area contributed by atoms with Gasteiger partial charge in [-0.3, -0.25) is 23.4 Å². The Hall–Kier alpha value is -3.08. The van der Waals surface area contributed by atoms with E-state index < -0.39 is 57.8 Å². The van der Waals surface area contributed by atoms with Gasteiger partial charge in [-0.25, -0.2) is 4.57 Å². The zero-order chi connectivity index (χ0) is 48.4. The summed E-state index contributed by atoms with van der Waals surface area (Å²) < 4.78 is 39.3. The van der Waals surface area contributed by atoms with Gasteiger partial charge >= 0.3 is 25.7 Å². The second-order valence-electron chi connectivity index (χ2n) is 17.0. The first-order valence-corrected chi connectivity index (χ1v) is 27.3. The maximum atomic E-state index is 12.8. The van der Waals surface area contributed by atoms with Gasteiger partial charge in [-0.2, -0.15) is 0 Å². The summed E-state index contributed by atoms with van der Waals surface area (Å²) in [4.78, 5) is 48.2. The molecule has 2 N–H and O–H groups in total. The predicted molar refractivity (Wildman–Crippen MR) is 270 cm³/mol. The van der Waals surface area contributed by atoms with E-state index in [4.69, 9.17) is 23.3 Å². The number of unbranched alkanes of at least 4 members (excludes halogenated alkanes) is 18. The molecule has 0 aliphatic heterocycles. The number of allylic oxidation sites excluding steroid dienone is 12. The topological polar surface area (TPSA) is 155 Å². The molecule has 0 aromatic rings. The number of hydrogen-bond acceptors (Lipinski definition) is 10. The molecule has 11 nitrogen and oxygen atoms in total. The molecular weight excluding hydrogens is 856 g/mol. The van der Waals surface area contributed by atoms with Crippen LogP contribution in [0.2, 0.25) is 0 Å². The maximum absolute atomic E-state index is 12.8. The first-order chi connectivity index (χ1) is 32.2. The van der Waals surface area contributed by atoms with E-state index in [9.17, 15) is 28.9 Å². The standard InChI is InChI=1S/C54H93O11P/c1-4-7-10-13-16-19-21-23-24-25-26-28-29-32-34-37-40-43-52(56)61-47-51(65-54(58)45-42-39-36-33-30-27-22-20-17-14-11-8-5-2)49-63-66(59,60)62-48-50(46-55)64-53(57)44-41-38-35-31-18-15-12-9-6-3/h7,10-11,14,16,19-20,22-24,26,28,50-51,55H,4-6,8-9,12-13,15,17-18,21,25,27,29-49H2,1-3H3,(H,59,60)/b10-7-,14-11-,19-16-,22-20-,24-23-,28-26-. The van der Waals surface area contributed by atoms with Crippen LogP contribution in [0.4, 0.5) is 0 Å². The summed E-state index contributed by atoms with van der Waals surface area (Å²) in [6.07, 6.45) is 51.6. The number of rotatable bonds is 47. The van der Waals surface area contributed by atoms with Crippen molar-refractivity contribution in [1.82, 2.24) is 0 Å². The van der Waals surface area contributed by atoms with Gasteiger partial charge in [0.2, 0.25) is 0 Å². The van der Waals surface area contributed by atoms with Crippen molar-refractivity contribution in [3.8, 4) is 0 Å². The van der Waals surface area contributed by atoms with E-state index in [1.807, 2.05) is 0 Å². The van der Waals surface area contributed by atoms with E-state index in [-0.39, 0.29) is 25.9 Å². The summed E-state index contributed by atoms with van der Waals surface area (Å²) in [7, 11) is -4.75. The van der Waals surface area contributed by atoms with Crippen LogP contribution in [-0.2, 0) is 42.2 Å². The Kier molecular flexibility index (Phi) is 46.1. The second-order valence-corrected chi connectivity index (χ2v) is 18.4. The molecule has 3 atom stereocenters. The molecule has 0 rings (SSSR count). The number of hydrogen-bond donors (Lipinski definition) is 2. The number of phosphoric ester groups is 1. The molecule has 0 amide bonds. The van der Waals surface area contributed by atoms with Crippen LogP contribution in [0.3, 0.4) is 0 Å². The number of esters is 3. The summed E-state index contributed by atoms with van der Waals surface area (Å²) in [6.45, 7) is 4.38. The Labute approximate surface area is 401 Å². The fraction of sp³-hybridized carbons (Fsp3) is 0.722. The minimum Gasteiger partial charge on any atom is -0.462 e. The summed E-state index contributed by atoms with van der Waals surface area (Å²) in [6, 6.07) is 0. The summed E-state index contributed by atoms with van der Waals surface area (Å²) in [5, 5.41) is 9.74. The molecule has 3 unspecified atom stereocenters. The number of ether oxygens (including phenoxy) is 3. The lowest BCUT2D eigenvalue weighted by molar-refractivity contribution is -0.161. The third-order valence-corrected chi connectivity index (χ3v) is 11.5. The van der Waals surface area contributed by atoms with E-state index >= 15 is 0 Å². The quantitative estimate of drug-likeness (QED) is 0.0197. The van der Waals surface area contributed by atoms with Gasteiger partial charge in [0.25, 0.3) is 0 Å². The SMILES string of the molecule is CC/C=C\C/C=C\C/C=C\C/C=C\CCCCCCC(=O)OCC(COP(=O)(O)OCC(CO)OC(=O)CCCCCCCCCCC)OC(=O)CCCCCCC/C=C\C/C=C\CCC. The van der Waals surface area contributed by atoms with Gasteiger partial charge in [0.1, 0.15) is 12.7 Å². The van der Waals surface area contributed by atoms with Crippen molar-refractivity contribution < 1.29 is 52.2 Å². The van der Waals surface area contributed by atoms with Gasteiger partial charge in [-0.15, -0.1) is 0 Å². The zero-order valence-corrected chi connectivity index (χ0v) is 42.5. The maximum Gasteiger partial charge on any atom is 0.472 e. The normalized spacial score (nSPS) is 14.1. The van der Waals surface area contributed by atoms with E-state index in [0.29, 0.717) is 19.3 Å². The first kappa shape index (κ1) is 62.9. The number of carbonyl (C=O) groups is 3. The summed E-state index contributed by atoms with van der Waals surface area (Å²) in [5.74, 6) is -1.51. The third kappa shape index (κ3) is 46.0. The molecular formula is C54H93O11P. The van der Waals surface area contributed by atoms with E-state index in [2.05, 4.69) is 93.7 Å². The Morgan fingerprint density at radius 1 is 0.439 bits per heavy atom. The van der Waals surface area contributed by atoms with Crippen molar-refractivity contribution in [3.63, 3.8) is 0 Å². The van der Waals surface area contributed by atoms with Crippen LogP contribution in [0.1, 0.15) is 213 Å². The average molecular weight is 949 g/mol. The van der Waals surface area contributed by atoms with Crippen LogP contribution in [0.5, 0.6) is 0 Å². The van der Waals surface area contributed by atoms with Gasteiger partial charge in [0.15, 0.2) is 6.10 Å². The molecule has 12 heteroatoms. The molecule has 0 aromatic carbocycles. The van der Waals surface area contributed by atoms with Gasteiger partial charge in [-0.1, -0.05) is 184 Å². The zero-order valence-electron chi connectivity index (χ0n) is 41.6. The van der Waals surface area contributed by atoms with E-state index in [1.165, 1.54) is 32.1 Å². The lowest BCUT2D eigenvalue weighted by atomic mass is 10.1. The lowest BCUT2D eigenvalue weighted by Gasteiger charge is -2.21. The summed E-state index contributed by atoms with van der Waals surface area (Å²) >= 11 is 0. The largest absolute Gasteiger partial charge is 0.472 e. The number of aliphatic hydroxyl groups is 1. The molecule has 0 saturated carbocycles. The van der Waals surface area contributed by atoms with Gasteiger partial charge in [0.05, 0.1) is 19.8 Å². The van der Waals surface area contributed by atoms with Gasteiger partial charge in [0, 0.05) is 19.3 Å². The molecule has 0 spiro atoms. The van der Waals surface area contributed by atoms with E-state index in [1.54, 1.807) is 0 Å². The Bertz CT molecular complexity index is 1390. The van der Waals surface area contributed by atoms with Crippen LogP contribution in [-0.4, -0.2) is 66.5 Å². The van der Waals surface area contributed by atoms with Crippen LogP contribution >= 0.6 is 7.82 Å². The van der Waals surface area contributed by atoms with Crippen LogP contribution in [0.25, 0.3) is 0 Å². The highest BCUT2D eigenvalue weighted by Gasteiger charge is 2.28. The molecule has 0 saturated heterocycles. The number of phosphoric acid groups is 1. The van der Waals surface area contributed by atoms with Crippen LogP contribution < -0.4 is 0 Å². The smallest absolute Gasteiger partial charge is 0.462 e. The third-order valence-electron chi connectivity index (χ3n) is 10.6.